The Hall–Kier alpha value is -3.29. The molecule has 130 valence electrons. The predicted octanol–water partition coefficient (Wildman–Crippen LogP) is 2.59. The summed E-state index contributed by atoms with van der Waals surface area (Å²) < 4.78 is 0. The van der Waals surface area contributed by atoms with Crippen LogP contribution in [0, 0.1) is 17.0 Å². The van der Waals surface area contributed by atoms with E-state index < -0.39 is 4.92 Å². The van der Waals surface area contributed by atoms with E-state index in [9.17, 15) is 19.7 Å². The Morgan fingerprint density at radius 3 is 2.60 bits per heavy atom. The van der Waals surface area contributed by atoms with Crippen LogP contribution in [0.1, 0.15) is 30.2 Å². The van der Waals surface area contributed by atoms with E-state index in [1.807, 2.05) is 12.2 Å². The van der Waals surface area contributed by atoms with Crippen LogP contribution in [0.25, 0.3) is 6.08 Å². The van der Waals surface area contributed by atoms with E-state index in [0.717, 1.165) is 5.56 Å². The molecule has 0 aliphatic heterocycles. The smallest absolute Gasteiger partial charge is 0.269 e. The van der Waals surface area contributed by atoms with Crippen LogP contribution in [0.15, 0.2) is 35.1 Å². The molecule has 2 N–H and O–H groups in total. The van der Waals surface area contributed by atoms with Gasteiger partial charge in [-0.1, -0.05) is 12.2 Å². The highest BCUT2D eigenvalue weighted by atomic mass is 16.6. The average molecular weight is 342 g/mol. The standard InChI is InChI=1S/C17H18N4O4/c1-11-15(16(23)20-17(18-11)19-12(2)22)6-4-3-5-13-7-9-14(10-8-13)21(24)25/h3,5,7-10H,4,6H2,1-2H3,(H2,18,19,20,22,23)/b5-3+. The Bertz CT molecular complexity index is 869. The highest BCUT2D eigenvalue weighted by molar-refractivity contribution is 5.86. The van der Waals surface area contributed by atoms with Crippen LogP contribution in [-0.4, -0.2) is 20.8 Å². The number of aryl methyl sites for hydroxylation is 1. The molecule has 1 aromatic heterocycles. The maximum absolute atomic E-state index is 12.1. The number of amides is 1. The van der Waals surface area contributed by atoms with Crippen LogP contribution in [0.5, 0.6) is 0 Å². The van der Waals surface area contributed by atoms with E-state index in [0.29, 0.717) is 24.1 Å². The molecule has 2 rings (SSSR count). The van der Waals surface area contributed by atoms with Gasteiger partial charge in [0.15, 0.2) is 0 Å². The number of nitrogens with one attached hydrogen (secondary N) is 2. The zero-order valence-electron chi connectivity index (χ0n) is 13.9. The van der Waals surface area contributed by atoms with Gasteiger partial charge >= 0.3 is 0 Å². The summed E-state index contributed by atoms with van der Waals surface area (Å²) in [5, 5.41) is 13.0. The maximum Gasteiger partial charge on any atom is 0.269 e. The van der Waals surface area contributed by atoms with Crippen molar-refractivity contribution in [1.29, 1.82) is 0 Å². The molecule has 0 aliphatic carbocycles. The summed E-state index contributed by atoms with van der Waals surface area (Å²) in [7, 11) is 0. The number of anilines is 1. The van der Waals surface area contributed by atoms with E-state index in [1.165, 1.54) is 19.1 Å². The fourth-order valence-electron chi connectivity index (χ4n) is 2.29. The molecule has 0 spiro atoms. The topological polar surface area (TPSA) is 118 Å². The Morgan fingerprint density at radius 2 is 2.04 bits per heavy atom. The van der Waals surface area contributed by atoms with Crippen molar-refractivity contribution in [2.75, 3.05) is 5.32 Å². The normalized spacial score (nSPS) is 10.8. The van der Waals surface area contributed by atoms with Crippen molar-refractivity contribution in [2.24, 2.45) is 0 Å². The summed E-state index contributed by atoms with van der Waals surface area (Å²) in [6, 6.07) is 6.21. The molecule has 1 amide bonds. The molecule has 1 heterocycles. The highest BCUT2D eigenvalue weighted by Gasteiger charge is 2.08. The minimum Gasteiger partial charge on any atom is -0.296 e. The first-order chi connectivity index (χ1) is 11.9. The number of H-pyrrole nitrogens is 1. The van der Waals surface area contributed by atoms with Gasteiger partial charge in [-0.25, -0.2) is 4.98 Å². The fourth-order valence-corrected chi connectivity index (χ4v) is 2.29. The summed E-state index contributed by atoms with van der Waals surface area (Å²) >= 11 is 0. The number of hydrogen-bond donors (Lipinski definition) is 2. The molecule has 0 saturated carbocycles. The van der Waals surface area contributed by atoms with Crippen LogP contribution in [-0.2, 0) is 11.2 Å². The lowest BCUT2D eigenvalue weighted by Gasteiger charge is -2.06. The molecule has 0 aliphatic rings. The van der Waals surface area contributed by atoms with Crippen molar-refractivity contribution in [1.82, 2.24) is 9.97 Å². The van der Waals surface area contributed by atoms with Crippen molar-refractivity contribution in [2.45, 2.75) is 26.7 Å². The quantitative estimate of drug-likeness (QED) is 0.618. The van der Waals surface area contributed by atoms with Crippen LogP contribution < -0.4 is 10.9 Å². The van der Waals surface area contributed by atoms with Gasteiger partial charge in [0.1, 0.15) is 0 Å². The third-order valence-electron chi connectivity index (χ3n) is 3.49. The van der Waals surface area contributed by atoms with Crippen molar-refractivity contribution >= 4 is 23.6 Å². The fraction of sp³-hybridized carbons (Fsp3) is 0.235. The number of nitrogens with zero attached hydrogens (tertiary/aromatic N) is 2. The monoisotopic (exact) mass is 342 g/mol. The van der Waals surface area contributed by atoms with Gasteiger partial charge in [-0.05, 0) is 37.5 Å². The zero-order valence-corrected chi connectivity index (χ0v) is 13.9. The molecule has 0 saturated heterocycles. The van der Waals surface area contributed by atoms with Gasteiger partial charge in [0.05, 0.1) is 4.92 Å². The lowest BCUT2D eigenvalue weighted by atomic mass is 10.1. The van der Waals surface area contributed by atoms with Crippen molar-refractivity contribution in [3.63, 3.8) is 0 Å². The second-order valence-corrected chi connectivity index (χ2v) is 5.45. The highest BCUT2D eigenvalue weighted by Crippen LogP contribution is 2.13. The van der Waals surface area contributed by atoms with Gasteiger partial charge in [0.2, 0.25) is 11.9 Å². The number of carbonyl (C=O) groups excluding carboxylic acids is 1. The number of aromatic nitrogens is 2. The lowest BCUT2D eigenvalue weighted by Crippen LogP contribution is -2.20. The van der Waals surface area contributed by atoms with Crippen molar-refractivity contribution in [3.8, 4) is 0 Å². The number of hydrogen-bond acceptors (Lipinski definition) is 5. The predicted molar refractivity (Wildman–Crippen MR) is 94.3 cm³/mol. The van der Waals surface area contributed by atoms with Gasteiger partial charge in [0, 0.05) is 30.3 Å². The zero-order chi connectivity index (χ0) is 18.4. The molecule has 0 bridgehead atoms. The summed E-state index contributed by atoms with van der Waals surface area (Å²) in [6.07, 6.45) is 4.84. The number of benzene rings is 1. The molecule has 0 atom stereocenters. The van der Waals surface area contributed by atoms with E-state index >= 15 is 0 Å². The first kappa shape index (κ1) is 18.1. The minimum atomic E-state index is -0.444. The Labute approximate surface area is 143 Å². The van der Waals surface area contributed by atoms with Crippen molar-refractivity contribution in [3.05, 3.63) is 67.6 Å². The van der Waals surface area contributed by atoms with Crippen LogP contribution >= 0.6 is 0 Å². The third kappa shape index (κ3) is 5.10. The summed E-state index contributed by atoms with van der Waals surface area (Å²) in [4.78, 5) is 39.9. The Kier molecular flexibility index (Phi) is 5.78. The Morgan fingerprint density at radius 1 is 1.36 bits per heavy atom. The van der Waals surface area contributed by atoms with Gasteiger partial charge in [-0.15, -0.1) is 0 Å². The van der Waals surface area contributed by atoms with E-state index in [2.05, 4.69) is 15.3 Å². The summed E-state index contributed by atoms with van der Waals surface area (Å²) in [5.41, 5.74) is 1.73. The minimum absolute atomic E-state index is 0.0460. The molecular weight excluding hydrogens is 324 g/mol. The number of nitro benzene ring substituents is 1. The average Bonchev–Trinajstić information content (AvgIpc) is 2.53. The number of aromatic amines is 1. The van der Waals surface area contributed by atoms with Gasteiger partial charge in [0.25, 0.3) is 11.2 Å². The van der Waals surface area contributed by atoms with Gasteiger partial charge in [-0.2, -0.15) is 0 Å². The maximum atomic E-state index is 12.1. The molecule has 8 nitrogen and oxygen atoms in total. The number of rotatable bonds is 6. The molecule has 2 aromatic rings. The summed E-state index contributed by atoms with van der Waals surface area (Å²) in [5.74, 6) is -0.165. The van der Waals surface area contributed by atoms with Crippen molar-refractivity contribution < 1.29 is 9.72 Å². The second kappa shape index (κ2) is 8.00. The van der Waals surface area contributed by atoms with E-state index in [4.69, 9.17) is 0 Å². The number of carbonyl (C=O) groups is 1. The first-order valence-electron chi connectivity index (χ1n) is 7.65. The van der Waals surface area contributed by atoms with Crippen LogP contribution in [0.3, 0.4) is 0 Å². The van der Waals surface area contributed by atoms with Crippen LogP contribution in [0.2, 0.25) is 0 Å². The molecule has 1 aromatic carbocycles. The van der Waals surface area contributed by atoms with E-state index in [-0.39, 0.29) is 23.1 Å². The molecule has 25 heavy (non-hydrogen) atoms. The van der Waals surface area contributed by atoms with Gasteiger partial charge < -0.3 is 0 Å². The molecule has 8 heteroatoms. The number of non-ortho nitro benzene ring substituents is 1. The molecule has 0 unspecified atom stereocenters. The third-order valence-corrected chi connectivity index (χ3v) is 3.49. The van der Waals surface area contributed by atoms with E-state index in [1.54, 1.807) is 19.1 Å². The number of allylic oxidation sites excluding steroid dienone is 1. The summed E-state index contributed by atoms with van der Waals surface area (Å²) in [6.45, 7) is 3.06. The second-order valence-electron chi connectivity index (χ2n) is 5.45. The molecule has 0 radical (unpaired) electrons. The number of nitro groups is 1. The molecule has 0 fully saturated rings. The lowest BCUT2D eigenvalue weighted by molar-refractivity contribution is -0.384. The van der Waals surface area contributed by atoms with Gasteiger partial charge in [-0.3, -0.25) is 30.0 Å². The SMILES string of the molecule is CC(=O)Nc1nc(C)c(CC/C=C/c2ccc([N+](=O)[O-])cc2)c(=O)[nH]1. The Balaban J connectivity index is 2.00. The first-order valence-corrected chi connectivity index (χ1v) is 7.65. The largest absolute Gasteiger partial charge is 0.296 e. The van der Waals surface area contributed by atoms with Crippen LogP contribution in [0.4, 0.5) is 11.6 Å². The molecular formula is C17H18N4O4.